The Kier molecular flexibility index (Phi) is 5.55. The van der Waals surface area contributed by atoms with E-state index in [0.29, 0.717) is 5.17 Å². The number of hydrogen-bond donors (Lipinski definition) is 1. The molecule has 1 atom stereocenters. The van der Waals surface area contributed by atoms with Gasteiger partial charge in [-0.2, -0.15) is 15.1 Å². The largest absolute Gasteiger partial charge is 0.378 e. The summed E-state index contributed by atoms with van der Waals surface area (Å²) in [7, 11) is 3.95. The lowest BCUT2D eigenvalue weighted by Gasteiger charge is -2.20. The van der Waals surface area contributed by atoms with Crippen LogP contribution in [0.15, 0.2) is 70.3 Å². The van der Waals surface area contributed by atoms with Crippen molar-refractivity contribution in [1.29, 1.82) is 5.41 Å². The van der Waals surface area contributed by atoms with Gasteiger partial charge in [-0.15, -0.1) is 0 Å². The monoisotopic (exact) mass is 417 g/mol. The van der Waals surface area contributed by atoms with Crippen LogP contribution < -0.4 is 4.90 Å². The number of carbonyl (C=O) groups excluding carboxylic acids is 1. The minimum atomic E-state index is -0.403. The van der Waals surface area contributed by atoms with Gasteiger partial charge in [0.25, 0.3) is 5.91 Å². The lowest BCUT2D eigenvalue weighted by molar-refractivity contribution is -0.114. The van der Waals surface area contributed by atoms with Crippen LogP contribution in [0.25, 0.3) is 6.08 Å². The van der Waals surface area contributed by atoms with Gasteiger partial charge >= 0.3 is 0 Å². The van der Waals surface area contributed by atoms with Crippen LogP contribution in [0.3, 0.4) is 0 Å². The van der Waals surface area contributed by atoms with Gasteiger partial charge in [-0.1, -0.05) is 49.4 Å². The van der Waals surface area contributed by atoms with E-state index in [1.54, 1.807) is 6.08 Å². The second-order valence-corrected chi connectivity index (χ2v) is 8.30. The van der Waals surface area contributed by atoms with Crippen molar-refractivity contribution in [3.8, 4) is 0 Å². The number of benzene rings is 2. The number of carbonyl (C=O) groups is 1. The summed E-state index contributed by atoms with van der Waals surface area (Å²) >= 11 is 1.37. The highest BCUT2D eigenvalue weighted by molar-refractivity contribution is 8.27. The van der Waals surface area contributed by atoms with Gasteiger partial charge in [0.15, 0.2) is 5.84 Å². The van der Waals surface area contributed by atoms with Gasteiger partial charge in [0.1, 0.15) is 5.04 Å². The molecule has 0 aliphatic carbocycles. The van der Waals surface area contributed by atoms with E-state index in [-0.39, 0.29) is 17.3 Å². The Bertz CT molecular complexity index is 1070. The molecule has 2 aliphatic rings. The number of aliphatic imine (C=N–C) groups is 1. The molecule has 0 saturated carbocycles. The lowest BCUT2D eigenvalue weighted by Crippen LogP contribution is -2.35. The van der Waals surface area contributed by atoms with Crippen LogP contribution in [0.4, 0.5) is 5.69 Å². The number of amidine groups is 2. The molecule has 152 valence electrons. The Hall–Kier alpha value is -3.19. The Balaban J connectivity index is 1.63. The molecule has 0 saturated heterocycles. The van der Waals surface area contributed by atoms with E-state index >= 15 is 0 Å². The van der Waals surface area contributed by atoms with Crippen LogP contribution in [-0.4, -0.2) is 41.1 Å². The van der Waals surface area contributed by atoms with Crippen LogP contribution in [-0.2, 0) is 4.79 Å². The average molecular weight is 418 g/mol. The van der Waals surface area contributed by atoms with Crippen LogP contribution >= 0.6 is 11.8 Å². The normalized spacial score (nSPS) is 18.2. The molecule has 0 unspecified atom stereocenters. The summed E-state index contributed by atoms with van der Waals surface area (Å²) in [6, 6.07) is 18.0. The summed E-state index contributed by atoms with van der Waals surface area (Å²) in [6.07, 6.45) is 2.58. The van der Waals surface area contributed by atoms with E-state index in [4.69, 9.17) is 5.41 Å². The highest BCUT2D eigenvalue weighted by atomic mass is 32.2. The summed E-state index contributed by atoms with van der Waals surface area (Å²) in [5.41, 5.74) is 3.33. The van der Waals surface area contributed by atoms with Crippen molar-refractivity contribution in [3.05, 3.63) is 71.3 Å². The minimum Gasteiger partial charge on any atom is -0.378 e. The Morgan fingerprint density at radius 2 is 1.83 bits per heavy atom. The SMILES string of the molecule is CC[C@@H](C1=NN2C(=N)/C(=C\c3ccc(N(C)C)cc3)C(=O)N=C2S1)c1ccccc1. The number of fused-ring (bicyclic) bond motifs is 1. The number of rotatable bonds is 5. The van der Waals surface area contributed by atoms with E-state index in [1.165, 1.54) is 22.3 Å². The first kappa shape index (κ1) is 20.1. The van der Waals surface area contributed by atoms with Gasteiger partial charge in [0, 0.05) is 25.7 Å². The third-order valence-electron chi connectivity index (χ3n) is 5.10. The van der Waals surface area contributed by atoms with Crippen LogP contribution in [0.1, 0.15) is 30.4 Å². The summed E-state index contributed by atoms with van der Waals surface area (Å²) in [5, 5.41) is 16.0. The number of hydrogen-bond acceptors (Lipinski definition) is 5. The fraction of sp³-hybridized carbons (Fsp3) is 0.217. The highest BCUT2D eigenvalue weighted by Crippen LogP contribution is 2.35. The Labute approximate surface area is 180 Å². The molecule has 0 spiro atoms. The molecule has 1 amide bonds. The molecule has 7 heteroatoms. The molecular formula is C23H23N5OS. The van der Waals surface area contributed by atoms with Crippen LogP contribution in [0.2, 0.25) is 0 Å². The van der Waals surface area contributed by atoms with Crippen molar-refractivity contribution in [2.75, 3.05) is 19.0 Å². The molecule has 2 aromatic carbocycles. The highest BCUT2D eigenvalue weighted by Gasteiger charge is 2.37. The first-order valence-corrected chi connectivity index (χ1v) is 10.6. The summed E-state index contributed by atoms with van der Waals surface area (Å²) in [6.45, 7) is 2.11. The number of nitrogens with zero attached hydrogens (tertiary/aromatic N) is 4. The third kappa shape index (κ3) is 3.80. The van der Waals surface area contributed by atoms with Gasteiger partial charge in [-0.25, -0.2) is 0 Å². The number of thioether (sulfide) groups is 1. The maximum absolute atomic E-state index is 12.6. The molecule has 6 nitrogen and oxygen atoms in total. The molecule has 0 fully saturated rings. The predicted octanol–water partition coefficient (Wildman–Crippen LogP) is 4.57. The van der Waals surface area contributed by atoms with Crippen molar-refractivity contribution < 1.29 is 4.79 Å². The molecule has 0 radical (unpaired) electrons. The molecule has 1 N–H and O–H groups in total. The summed E-state index contributed by atoms with van der Waals surface area (Å²) in [4.78, 5) is 18.9. The van der Waals surface area contributed by atoms with Crippen molar-refractivity contribution >= 4 is 45.5 Å². The second kappa shape index (κ2) is 8.28. The Morgan fingerprint density at radius 1 is 1.13 bits per heavy atom. The fourth-order valence-corrected chi connectivity index (χ4v) is 4.52. The molecule has 4 rings (SSSR count). The molecule has 30 heavy (non-hydrogen) atoms. The quantitative estimate of drug-likeness (QED) is 0.724. The molecule has 2 aliphatic heterocycles. The predicted molar refractivity (Wildman–Crippen MR) is 125 cm³/mol. The molecule has 2 heterocycles. The van der Waals surface area contributed by atoms with Crippen LogP contribution in [0.5, 0.6) is 0 Å². The number of nitrogens with one attached hydrogen (secondary N) is 1. The van der Waals surface area contributed by atoms with E-state index in [0.717, 1.165) is 22.7 Å². The summed E-state index contributed by atoms with van der Waals surface area (Å²) in [5.74, 6) is -0.231. The first-order valence-electron chi connectivity index (χ1n) is 9.80. The van der Waals surface area contributed by atoms with E-state index in [2.05, 4.69) is 29.2 Å². The lowest BCUT2D eigenvalue weighted by atomic mass is 9.98. The maximum atomic E-state index is 12.6. The van der Waals surface area contributed by atoms with Gasteiger partial charge in [0.2, 0.25) is 5.17 Å². The molecule has 0 bridgehead atoms. The first-order chi connectivity index (χ1) is 14.5. The van der Waals surface area contributed by atoms with Crippen LogP contribution in [0, 0.1) is 5.41 Å². The van der Waals surface area contributed by atoms with E-state index < -0.39 is 5.91 Å². The number of hydrazone groups is 1. The minimum absolute atomic E-state index is 0.0621. The van der Waals surface area contributed by atoms with Crippen molar-refractivity contribution in [1.82, 2.24) is 5.01 Å². The standard InChI is InChI=1S/C23H23N5OS/c1-4-18(16-8-6-5-7-9-16)22-26-28-20(24)19(21(29)25-23(28)30-22)14-15-10-12-17(13-11-15)27(2)3/h5-14,18,24H,4H2,1-3H3/b19-14+,24-20?/t18-/m1/s1. The zero-order valence-electron chi connectivity index (χ0n) is 17.2. The van der Waals surface area contributed by atoms with Crippen molar-refractivity contribution in [3.63, 3.8) is 0 Å². The zero-order valence-corrected chi connectivity index (χ0v) is 18.0. The maximum Gasteiger partial charge on any atom is 0.283 e. The second-order valence-electron chi connectivity index (χ2n) is 7.32. The van der Waals surface area contributed by atoms with Gasteiger partial charge in [0.05, 0.1) is 5.57 Å². The zero-order chi connectivity index (χ0) is 21.3. The third-order valence-corrected chi connectivity index (χ3v) is 6.12. The molecular weight excluding hydrogens is 394 g/mol. The molecule has 2 aromatic rings. The Morgan fingerprint density at radius 3 is 2.47 bits per heavy atom. The van der Waals surface area contributed by atoms with Gasteiger partial charge in [-0.05, 0) is 47.5 Å². The van der Waals surface area contributed by atoms with E-state index in [1.807, 2.05) is 61.5 Å². The van der Waals surface area contributed by atoms with Gasteiger partial charge < -0.3 is 4.90 Å². The van der Waals surface area contributed by atoms with Crippen molar-refractivity contribution in [2.45, 2.75) is 19.3 Å². The van der Waals surface area contributed by atoms with Crippen molar-refractivity contribution in [2.24, 2.45) is 10.1 Å². The average Bonchev–Trinajstić information content (AvgIpc) is 3.16. The van der Waals surface area contributed by atoms with Gasteiger partial charge in [-0.3, -0.25) is 10.2 Å². The smallest absolute Gasteiger partial charge is 0.283 e. The topological polar surface area (TPSA) is 72.1 Å². The number of amides is 1. The summed E-state index contributed by atoms with van der Waals surface area (Å²) < 4.78 is 0. The number of anilines is 1. The van der Waals surface area contributed by atoms with E-state index in [9.17, 15) is 4.79 Å². The molecule has 0 aromatic heterocycles. The fourth-order valence-electron chi connectivity index (χ4n) is 3.42.